The number of thiophene rings is 1. The molecule has 3 heterocycles. The number of hydrogen-bond donors (Lipinski definition) is 2. The molecule has 0 spiro atoms. The largest absolute Gasteiger partial charge is 0.354 e. The van der Waals surface area contributed by atoms with E-state index in [0.29, 0.717) is 6.54 Å². The molecule has 0 bridgehead atoms. The first-order valence-electron chi connectivity index (χ1n) is 8.02. The molecular weight excluding hydrogens is 298 g/mol. The summed E-state index contributed by atoms with van der Waals surface area (Å²) in [5, 5.41) is 7.89. The van der Waals surface area contributed by atoms with E-state index in [1.165, 1.54) is 10.4 Å². The summed E-state index contributed by atoms with van der Waals surface area (Å²) in [7, 11) is 0. The Morgan fingerprint density at radius 3 is 3.23 bits per heavy atom. The summed E-state index contributed by atoms with van der Waals surface area (Å²) < 4.78 is 0. The Hall–Kier alpha value is -1.40. The number of carbonyl (C=O) groups is 2. The zero-order valence-corrected chi connectivity index (χ0v) is 13.7. The van der Waals surface area contributed by atoms with E-state index in [0.717, 1.165) is 38.8 Å². The van der Waals surface area contributed by atoms with Gasteiger partial charge in [0.25, 0.3) is 0 Å². The highest BCUT2D eigenvalue weighted by Gasteiger charge is 2.28. The van der Waals surface area contributed by atoms with Gasteiger partial charge in [0.2, 0.25) is 11.8 Å². The van der Waals surface area contributed by atoms with Crippen LogP contribution < -0.4 is 10.6 Å². The first-order chi connectivity index (χ1) is 10.6. The van der Waals surface area contributed by atoms with Crippen LogP contribution >= 0.6 is 11.3 Å². The topological polar surface area (TPSA) is 61.4 Å². The summed E-state index contributed by atoms with van der Waals surface area (Å²) in [6.07, 6.45) is 3.71. The van der Waals surface area contributed by atoms with Crippen LogP contribution in [0.4, 0.5) is 0 Å². The van der Waals surface area contributed by atoms with Crippen molar-refractivity contribution in [3.8, 4) is 0 Å². The van der Waals surface area contributed by atoms with E-state index in [1.807, 2.05) is 0 Å². The quantitative estimate of drug-likeness (QED) is 0.886. The maximum Gasteiger partial charge on any atom is 0.242 e. The fourth-order valence-electron chi connectivity index (χ4n) is 3.28. The molecule has 3 rings (SSSR count). The second kappa shape index (κ2) is 6.79. The molecule has 0 radical (unpaired) electrons. The Kier molecular flexibility index (Phi) is 4.78. The predicted molar refractivity (Wildman–Crippen MR) is 86.8 cm³/mol. The SMILES string of the molecule is C[C@H]1c2ccsc2CCN1CC(=O)N[C@@H]1CCCCNC1=O. The molecular formula is C16H23N3O2S. The van der Waals surface area contributed by atoms with Crippen LogP contribution in [-0.4, -0.2) is 42.4 Å². The highest BCUT2D eigenvalue weighted by atomic mass is 32.1. The number of carbonyl (C=O) groups excluding carboxylic acids is 2. The van der Waals surface area contributed by atoms with Crippen LogP contribution in [0.1, 0.15) is 42.7 Å². The van der Waals surface area contributed by atoms with Crippen molar-refractivity contribution < 1.29 is 9.59 Å². The van der Waals surface area contributed by atoms with E-state index in [1.54, 1.807) is 11.3 Å². The van der Waals surface area contributed by atoms with Crippen LogP contribution in [0.25, 0.3) is 0 Å². The number of amides is 2. The molecule has 1 aromatic heterocycles. The van der Waals surface area contributed by atoms with Crippen LogP contribution in [0, 0.1) is 0 Å². The molecule has 0 saturated carbocycles. The highest BCUT2D eigenvalue weighted by molar-refractivity contribution is 7.10. The molecule has 5 nitrogen and oxygen atoms in total. The van der Waals surface area contributed by atoms with Gasteiger partial charge in [-0.1, -0.05) is 0 Å². The van der Waals surface area contributed by atoms with Gasteiger partial charge >= 0.3 is 0 Å². The zero-order valence-electron chi connectivity index (χ0n) is 12.9. The highest BCUT2D eigenvalue weighted by Crippen LogP contribution is 2.32. The minimum atomic E-state index is -0.369. The van der Waals surface area contributed by atoms with Gasteiger partial charge in [-0.15, -0.1) is 11.3 Å². The smallest absolute Gasteiger partial charge is 0.242 e. The van der Waals surface area contributed by atoms with E-state index >= 15 is 0 Å². The molecule has 0 unspecified atom stereocenters. The Morgan fingerprint density at radius 1 is 1.50 bits per heavy atom. The summed E-state index contributed by atoms with van der Waals surface area (Å²) in [5.74, 6) is -0.0924. The first-order valence-corrected chi connectivity index (χ1v) is 8.90. The van der Waals surface area contributed by atoms with Gasteiger partial charge in [-0.3, -0.25) is 14.5 Å². The lowest BCUT2D eigenvalue weighted by Crippen LogP contribution is -2.49. The fraction of sp³-hybridized carbons (Fsp3) is 0.625. The minimum Gasteiger partial charge on any atom is -0.354 e. The van der Waals surface area contributed by atoms with Gasteiger partial charge in [0.1, 0.15) is 6.04 Å². The molecule has 0 aliphatic carbocycles. The molecule has 2 N–H and O–H groups in total. The van der Waals surface area contributed by atoms with E-state index in [2.05, 4.69) is 33.9 Å². The zero-order chi connectivity index (χ0) is 15.5. The number of hydrogen-bond acceptors (Lipinski definition) is 4. The van der Waals surface area contributed by atoms with Crippen molar-refractivity contribution >= 4 is 23.2 Å². The van der Waals surface area contributed by atoms with Gasteiger partial charge < -0.3 is 10.6 Å². The lowest BCUT2D eigenvalue weighted by Gasteiger charge is -2.33. The maximum absolute atomic E-state index is 12.3. The van der Waals surface area contributed by atoms with Crippen LogP contribution in [0.5, 0.6) is 0 Å². The number of nitrogens with zero attached hydrogens (tertiary/aromatic N) is 1. The fourth-order valence-corrected chi connectivity index (χ4v) is 4.24. The standard InChI is InChI=1S/C16H23N3O2S/c1-11-12-6-9-22-14(12)5-8-19(11)10-15(20)18-13-4-2-3-7-17-16(13)21/h6,9,11,13H,2-5,7-8,10H2,1H3,(H,17,21)(H,18,20)/t11-,13+/m0/s1. The van der Waals surface area contributed by atoms with Crippen molar-refractivity contribution in [3.05, 3.63) is 21.9 Å². The van der Waals surface area contributed by atoms with Crippen molar-refractivity contribution in [2.24, 2.45) is 0 Å². The Bertz CT molecular complexity index is 557. The molecule has 120 valence electrons. The first kappa shape index (κ1) is 15.5. The van der Waals surface area contributed by atoms with Gasteiger partial charge in [0.15, 0.2) is 0 Å². The van der Waals surface area contributed by atoms with Crippen molar-refractivity contribution in [2.75, 3.05) is 19.6 Å². The van der Waals surface area contributed by atoms with Crippen LogP contribution in [0.2, 0.25) is 0 Å². The van der Waals surface area contributed by atoms with Gasteiger partial charge in [-0.25, -0.2) is 0 Å². The maximum atomic E-state index is 12.3. The molecule has 6 heteroatoms. The lowest BCUT2D eigenvalue weighted by molar-refractivity contribution is -0.129. The third-order valence-corrected chi connectivity index (χ3v) is 5.62. The number of nitrogens with one attached hydrogen (secondary N) is 2. The normalized spacial score (nSPS) is 26.0. The molecule has 2 aliphatic heterocycles. The van der Waals surface area contributed by atoms with Gasteiger partial charge in [-0.05, 0) is 49.6 Å². The van der Waals surface area contributed by atoms with E-state index in [-0.39, 0.29) is 23.9 Å². The third kappa shape index (κ3) is 3.33. The summed E-state index contributed by atoms with van der Waals surface area (Å²) in [6.45, 7) is 4.13. The minimum absolute atomic E-state index is 0.0438. The molecule has 22 heavy (non-hydrogen) atoms. The monoisotopic (exact) mass is 321 g/mol. The molecule has 1 saturated heterocycles. The Balaban J connectivity index is 1.57. The molecule has 2 amide bonds. The van der Waals surface area contributed by atoms with Gasteiger partial charge in [0.05, 0.1) is 6.54 Å². The predicted octanol–water partition coefficient (Wildman–Crippen LogP) is 1.45. The van der Waals surface area contributed by atoms with E-state index < -0.39 is 0 Å². The second-order valence-corrected chi connectivity index (χ2v) is 7.10. The van der Waals surface area contributed by atoms with E-state index in [9.17, 15) is 9.59 Å². The molecule has 0 aromatic carbocycles. The van der Waals surface area contributed by atoms with E-state index in [4.69, 9.17) is 0 Å². The molecule has 2 atom stereocenters. The third-order valence-electron chi connectivity index (χ3n) is 4.62. The molecule has 2 aliphatic rings. The average molecular weight is 321 g/mol. The molecule has 1 aromatic rings. The van der Waals surface area contributed by atoms with Crippen molar-refractivity contribution in [1.82, 2.24) is 15.5 Å². The Labute approximate surface area is 135 Å². The average Bonchev–Trinajstić information content (AvgIpc) is 2.89. The summed E-state index contributed by atoms with van der Waals surface area (Å²) in [6, 6.07) is 2.06. The van der Waals surface area contributed by atoms with Crippen LogP contribution in [-0.2, 0) is 16.0 Å². The van der Waals surface area contributed by atoms with Gasteiger partial charge in [-0.2, -0.15) is 0 Å². The van der Waals surface area contributed by atoms with Crippen LogP contribution in [0.3, 0.4) is 0 Å². The summed E-state index contributed by atoms with van der Waals surface area (Å²) in [5.41, 5.74) is 1.34. The lowest BCUT2D eigenvalue weighted by atomic mass is 10.0. The van der Waals surface area contributed by atoms with Gasteiger partial charge in [0, 0.05) is 24.0 Å². The van der Waals surface area contributed by atoms with Crippen molar-refractivity contribution in [1.29, 1.82) is 0 Å². The van der Waals surface area contributed by atoms with Crippen molar-refractivity contribution in [2.45, 2.75) is 44.7 Å². The second-order valence-electron chi connectivity index (χ2n) is 6.10. The van der Waals surface area contributed by atoms with Crippen LogP contribution in [0.15, 0.2) is 11.4 Å². The number of rotatable bonds is 3. The molecule has 1 fully saturated rings. The summed E-state index contributed by atoms with van der Waals surface area (Å²) in [4.78, 5) is 27.8. The van der Waals surface area contributed by atoms with Crippen molar-refractivity contribution in [3.63, 3.8) is 0 Å². The Morgan fingerprint density at radius 2 is 2.36 bits per heavy atom. The number of fused-ring (bicyclic) bond motifs is 1. The summed E-state index contributed by atoms with van der Waals surface area (Å²) >= 11 is 1.80.